The number of hydrogen-bond donors (Lipinski definition) is 0. The predicted molar refractivity (Wildman–Crippen MR) is 370 cm³/mol. The highest BCUT2D eigenvalue weighted by Crippen LogP contribution is 2.63. The Morgan fingerprint density at radius 2 is 0.776 bits per heavy atom. The first-order chi connectivity index (χ1) is 37.4. The van der Waals surface area contributed by atoms with Gasteiger partial charge in [0.05, 0.1) is 0 Å². The molecule has 520 valence electrons. The fourth-order valence-corrected chi connectivity index (χ4v) is 12.6. The average molecular weight is 1230 g/mol. The average Bonchev–Trinajstić information content (AvgIpc) is 3.28. The van der Waals surface area contributed by atoms with Gasteiger partial charge in [-0.3, -0.25) is 0 Å². The van der Waals surface area contributed by atoms with Gasteiger partial charge >= 0.3 is 12.4 Å². The molecule has 0 aliphatic heterocycles. The molecule has 7 heteroatoms. The Morgan fingerprint density at radius 1 is 0.447 bits per heavy atom. The van der Waals surface area contributed by atoms with E-state index in [0.29, 0.717) is 55.7 Å². The monoisotopic (exact) mass is 1230 g/mol. The van der Waals surface area contributed by atoms with Crippen molar-refractivity contribution in [3.63, 3.8) is 0 Å². The zero-order chi connectivity index (χ0) is 69.3. The molecule has 5 aliphatic rings. The second-order valence-corrected chi connectivity index (χ2v) is 37.2. The third kappa shape index (κ3) is 40.2. The van der Waals surface area contributed by atoms with Gasteiger partial charge in [0.2, 0.25) is 0 Å². The zero-order valence-corrected chi connectivity index (χ0v) is 64.9. The Hall–Kier alpha value is -0.490. The largest absolute Gasteiger partial charge is 0.403 e. The number of fused-ring (bicyclic) bond motifs is 3. The molecule has 5 aliphatic carbocycles. The smallest absolute Gasteiger partial charge is 0.244 e. The summed E-state index contributed by atoms with van der Waals surface area (Å²) in [4.78, 5) is 0. The molecule has 0 heterocycles. The fraction of sp³-hybridized carbons (Fsp3) is 1.00. The minimum absolute atomic E-state index is 0.0543. The van der Waals surface area contributed by atoms with Crippen molar-refractivity contribution in [1.82, 2.24) is 0 Å². The molecule has 0 amide bonds. The summed E-state index contributed by atoms with van der Waals surface area (Å²) in [6, 6.07) is 0. The van der Waals surface area contributed by atoms with Crippen molar-refractivity contribution in [3.05, 3.63) is 0 Å². The lowest BCUT2D eigenvalue weighted by atomic mass is 9.57. The second-order valence-electron chi connectivity index (χ2n) is 37.2. The quantitative estimate of drug-likeness (QED) is 0.213. The van der Waals surface area contributed by atoms with E-state index in [9.17, 15) is 30.7 Å². The molecule has 0 aromatic rings. The molecular formula is C78H159F7. The maximum absolute atomic E-state index is 13.6. The number of alkyl halides is 7. The van der Waals surface area contributed by atoms with Crippen molar-refractivity contribution in [3.8, 4) is 0 Å². The minimum atomic E-state index is -5.20. The molecule has 85 heavy (non-hydrogen) atoms. The SMILES string of the molecule is CC(C)(C)C.CC(C)C(C(C)C)C(C)(C)F.CC(C)C(C)(C)C.CC1CCC2(CC1)CCC(C(F)(F)F)(C(F)(F)F)CC2.CCC(C)(C)C.CCC(C)(CC)C(C)(C)C.CCC(CC)C(C)(C)C.CCCC(C)(C)C.C[C@H]1CC2CCC1(C)CC2. The van der Waals surface area contributed by atoms with Crippen LogP contribution >= 0.6 is 0 Å². The lowest BCUT2D eigenvalue weighted by Crippen LogP contribution is -2.53. The van der Waals surface area contributed by atoms with Crippen molar-refractivity contribution >= 4 is 0 Å². The van der Waals surface area contributed by atoms with Gasteiger partial charge in [-0.2, -0.15) is 26.3 Å². The molecule has 0 radical (unpaired) electrons. The van der Waals surface area contributed by atoms with Gasteiger partial charge < -0.3 is 0 Å². The molecule has 5 fully saturated rings. The van der Waals surface area contributed by atoms with Crippen LogP contribution in [0, 0.1) is 101 Å². The summed E-state index contributed by atoms with van der Waals surface area (Å²) in [6.45, 7) is 82.2. The summed E-state index contributed by atoms with van der Waals surface area (Å²) in [5.41, 5.74) is -0.459. The highest BCUT2D eigenvalue weighted by Gasteiger charge is 2.71. The van der Waals surface area contributed by atoms with Crippen LogP contribution in [0.3, 0.4) is 0 Å². The lowest BCUT2D eigenvalue weighted by molar-refractivity contribution is -0.354. The summed E-state index contributed by atoms with van der Waals surface area (Å²) in [6.07, 6.45) is 8.25. The number of halogens is 7. The first-order valence-corrected chi connectivity index (χ1v) is 35.3. The van der Waals surface area contributed by atoms with E-state index in [1.165, 1.54) is 77.0 Å². The maximum atomic E-state index is 13.6. The van der Waals surface area contributed by atoms with Crippen LogP contribution in [0.15, 0.2) is 0 Å². The van der Waals surface area contributed by atoms with Gasteiger partial charge in [0.15, 0.2) is 5.41 Å². The highest BCUT2D eigenvalue weighted by atomic mass is 19.4. The van der Waals surface area contributed by atoms with E-state index in [-0.39, 0.29) is 24.2 Å². The van der Waals surface area contributed by atoms with Crippen LogP contribution in [0.2, 0.25) is 0 Å². The van der Waals surface area contributed by atoms with Gasteiger partial charge in [0.1, 0.15) is 5.67 Å². The Bertz CT molecular complexity index is 1560. The molecule has 0 aromatic heterocycles. The molecule has 5 saturated carbocycles. The molecule has 1 spiro atoms. The summed E-state index contributed by atoms with van der Waals surface area (Å²) < 4.78 is 91.5. The topological polar surface area (TPSA) is 0 Å². The third-order valence-corrected chi connectivity index (χ3v) is 21.3. The van der Waals surface area contributed by atoms with Crippen LogP contribution in [0.4, 0.5) is 30.7 Å². The minimum Gasteiger partial charge on any atom is -0.244 e. The maximum Gasteiger partial charge on any atom is 0.403 e. The third-order valence-electron chi connectivity index (χ3n) is 21.3. The van der Waals surface area contributed by atoms with Gasteiger partial charge in [-0.25, -0.2) is 4.39 Å². The molecule has 0 nitrogen and oxygen atoms in total. The molecule has 2 bridgehead atoms. The van der Waals surface area contributed by atoms with Crippen molar-refractivity contribution in [2.75, 3.05) is 0 Å². The van der Waals surface area contributed by atoms with E-state index >= 15 is 0 Å². The Labute approximate surface area is 532 Å². The molecule has 1 atom stereocenters. The van der Waals surface area contributed by atoms with Gasteiger partial charge in [-0.15, -0.1) is 0 Å². The van der Waals surface area contributed by atoms with E-state index < -0.39 is 36.3 Å². The highest BCUT2D eigenvalue weighted by molar-refractivity contribution is 5.01. The van der Waals surface area contributed by atoms with Crippen LogP contribution in [0.25, 0.3) is 0 Å². The fourth-order valence-electron chi connectivity index (χ4n) is 12.6. The van der Waals surface area contributed by atoms with Crippen molar-refractivity contribution in [2.24, 2.45) is 101 Å². The summed E-state index contributed by atoms with van der Waals surface area (Å²) in [5, 5.41) is 0. The van der Waals surface area contributed by atoms with E-state index in [0.717, 1.165) is 54.8 Å². The van der Waals surface area contributed by atoms with Gasteiger partial charge in [0.25, 0.3) is 0 Å². The number of rotatable bonds is 8. The summed E-state index contributed by atoms with van der Waals surface area (Å²) >= 11 is 0. The molecule has 5 rings (SSSR count). The summed E-state index contributed by atoms with van der Waals surface area (Å²) in [7, 11) is 0. The Kier molecular flexibility index (Phi) is 42.2. The van der Waals surface area contributed by atoms with E-state index in [2.05, 4.69) is 242 Å². The van der Waals surface area contributed by atoms with E-state index in [1.54, 1.807) is 13.8 Å². The van der Waals surface area contributed by atoms with Crippen LogP contribution in [0.1, 0.15) is 385 Å². The standard InChI is InChI=1S/C14H20F6.C10H21F.C10H18.C10H22.C9H20.2C7H16.C6H14.C5H12/c1-10-2-4-11(5-3-10)6-8-12(9-7-11,13(15,16)17)14(18,19)20;1-7(2)9(8(3)4)10(5,6)11;1-8-7-9-3-5-10(8,2)6-4-9;1-7-10(6,8-2)9(3,4)5;1-6-8(7-2)9(3,4)5;1-6(2)7(3,4)5;1-5-6-7(2,3)4;1-5-6(2,3)4;1-5(2,3)4/h10H,2-9H2,1H3;7-9H,1-6H3;8-9H,3-7H2,1-2H3;7-8H2,1-6H3;8H,6-7H2,1-5H3;6H,1-5H3;5-6H2,1-4H3;5H2,1-4H3;1-4H3/t;;8-,9?,10?;;;;;;/m..0....../s1. The zero-order valence-electron chi connectivity index (χ0n) is 64.9. The molecule has 0 saturated heterocycles. The Morgan fingerprint density at radius 3 is 0.894 bits per heavy atom. The van der Waals surface area contributed by atoms with Crippen LogP contribution in [-0.4, -0.2) is 18.0 Å². The van der Waals surface area contributed by atoms with Crippen molar-refractivity contribution < 1.29 is 30.7 Å². The van der Waals surface area contributed by atoms with Crippen LogP contribution in [0.5, 0.6) is 0 Å². The summed E-state index contributed by atoms with van der Waals surface area (Å²) in [5.74, 6) is 5.38. The first-order valence-electron chi connectivity index (χ1n) is 35.3. The molecule has 0 N–H and O–H groups in total. The van der Waals surface area contributed by atoms with Crippen molar-refractivity contribution in [1.29, 1.82) is 0 Å². The first kappa shape index (κ1) is 93.2. The van der Waals surface area contributed by atoms with Gasteiger partial charge in [-0.05, 0) is 187 Å². The predicted octanol–water partition coefficient (Wildman–Crippen LogP) is 30.1. The van der Waals surface area contributed by atoms with Gasteiger partial charge in [-0.1, -0.05) is 294 Å². The van der Waals surface area contributed by atoms with Crippen LogP contribution in [-0.2, 0) is 0 Å². The van der Waals surface area contributed by atoms with Gasteiger partial charge in [0, 0.05) is 0 Å². The van der Waals surface area contributed by atoms with E-state index in [1.807, 2.05) is 0 Å². The molecule has 0 aromatic carbocycles. The second kappa shape index (κ2) is 38.5. The number of hydrogen-bond acceptors (Lipinski definition) is 0. The Balaban J connectivity index is -0.000000293. The van der Waals surface area contributed by atoms with Crippen LogP contribution < -0.4 is 0 Å². The lowest BCUT2D eigenvalue weighted by Gasteiger charge is -2.49. The normalized spacial score (nSPS) is 21.1. The van der Waals surface area contributed by atoms with Crippen molar-refractivity contribution in [2.45, 2.75) is 403 Å². The van der Waals surface area contributed by atoms with E-state index in [4.69, 9.17) is 0 Å². The molecular weight excluding hydrogens is 1070 g/mol. The molecule has 0 unspecified atom stereocenters.